The molecule has 80 valence electrons. The molecule has 0 bridgehead atoms. The Balaban J connectivity index is 2.15. The zero-order valence-electron chi connectivity index (χ0n) is 8.97. The number of aliphatic hydroxyl groups excluding tert-OH is 1. The van der Waals surface area contributed by atoms with Gasteiger partial charge in [0.15, 0.2) is 0 Å². The predicted octanol–water partition coefficient (Wildman–Crippen LogP) is 3.26. The molecule has 0 saturated carbocycles. The molecule has 1 N–H and O–H groups in total. The average Bonchev–Trinajstić information content (AvgIpc) is 2.25. The summed E-state index contributed by atoms with van der Waals surface area (Å²) in [5, 5.41) is 10.1. The van der Waals surface area contributed by atoms with Crippen molar-refractivity contribution in [1.29, 1.82) is 0 Å². The molecular formula is C14H18O. The van der Waals surface area contributed by atoms with E-state index in [-0.39, 0.29) is 6.10 Å². The topological polar surface area (TPSA) is 20.2 Å². The Bertz CT molecular complexity index is 315. The maximum atomic E-state index is 10.1. The first-order valence-corrected chi connectivity index (χ1v) is 5.76. The minimum atomic E-state index is -0.183. The van der Waals surface area contributed by atoms with Crippen molar-refractivity contribution in [3.05, 3.63) is 48.0 Å². The largest absolute Gasteiger partial charge is 0.392 e. The summed E-state index contributed by atoms with van der Waals surface area (Å²) in [4.78, 5) is 0. The highest BCUT2D eigenvalue weighted by molar-refractivity contribution is 5.21. The van der Waals surface area contributed by atoms with E-state index >= 15 is 0 Å². The van der Waals surface area contributed by atoms with Gasteiger partial charge in [-0.2, -0.15) is 0 Å². The third-order valence-electron chi connectivity index (χ3n) is 3.13. The molecule has 0 heterocycles. The van der Waals surface area contributed by atoms with Crippen LogP contribution in [0.2, 0.25) is 0 Å². The molecule has 0 aliphatic heterocycles. The van der Waals surface area contributed by atoms with Gasteiger partial charge in [0.25, 0.3) is 0 Å². The Labute approximate surface area is 91.4 Å². The Kier molecular flexibility index (Phi) is 3.57. The van der Waals surface area contributed by atoms with Gasteiger partial charge < -0.3 is 5.11 Å². The number of hydrogen-bond donors (Lipinski definition) is 1. The van der Waals surface area contributed by atoms with Crippen molar-refractivity contribution in [2.75, 3.05) is 0 Å². The molecule has 0 amide bonds. The summed E-state index contributed by atoms with van der Waals surface area (Å²) in [6, 6.07) is 10.4. The molecule has 1 heteroatoms. The van der Waals surface area contributed by atoms with E-state index in [2.05, 4.69) is 36.4 Å². The molecule has 0 saturated heterocycles. The zero-order valence-corrected chi connectivity index (χ0v) is 8.97. The lowest BCUT2D eigenvalue weighted by molar-refractivity contribution is 0.129. The number of hydrogen-bond acceptors (Lipinski definition) is 1. The smallest absolute Gasteiger partial charge is 0.0611 e. The van der Waals surface area contributed by atoms with Crippen LogP contribution in [0.5, 0.6) is 0 Å². The fourth-order valence-electron chi connectivity index (χ4n) is 2.26. The highest BCUT2D eigenvalue weighted by atomic mass is 16.3. The van der Waals surface area contributed by atoms with Crippen LogP contribution in [0.15, 0.2) is 42.5 Å². The van der Waals surface area contributed by atoms with Gasteiger partial charge >= 0.3 is 0 Å². The van der Waals surface area contributed by atoms with E-state index in [4.69, 9.17) is 0 Å². The van der Waals surface area contributed by atoms with Crippen molar-refractivity contribution in [2.24, 2.45) is 0 Å². The van der Waals surface area contributed by atoms with Crippen LogP contribution in [0.4, 0.5) is 0 Å². The minimum absolute atomic E-state index is 0.183. The van der Waals surface area contributed by atoms with E-state index in [1.54, 1.807) is 0 Å². The van der Waals surface area contributed by atoms with Crippen LogP contribution in [0.25, 0.3) is 0 Å². The molecule has 15 heavy (non-hydrogen) atoms. The van der Waals surface area contributed by atoms with E-state index < -0.39 is 0 Å². The van der Waals surface area contributed by atoms with Crippen molar-refractivity contribution >= 4 is 0 Å². The van der Waals surface area contributed by atoms with E-state index in [9.17, 15) is 5.11 Å². The summed E-state index contributed by atoms with van der Waals surface area (Å²) in [6.07, 6.45) is 8.27. The molecule has 0 aromatic heterocycles. The highest BCUT2D eigenvalue weighted by Crippen LogP contribution is 2.29. The Morgan fingerprint density at radius 2 is 1.60 bits per heavy atom. The number of allylic oxidation sites excluding steroid dienone is 2. The van der Waals surface area contributed by atoms with Crippen LogP contribution in [-0.2, 0) is 0 Å². The molecular weight excluding hydrogens is 184 g/mol. The molecule has 2 rings (SSSR count). The van der Waals surface area contributed by atoms with E-state index in [1.807, 2.05) is 6.07 Å². The van der Waals surface area contributed by atoms with Crippen molar-refractivity contribution in [1.82, 2.24) is 0 Å². The quantitative estimate of drug-likeness (QED) is 0.693. The van der Waals surface area contributed by atoms with Gasteiger partial charge in [-0.1, -0.05) is 42.5 Å². The first-order chi connectivity index (χ1) is 7.38. The summed E-state index contributed by atoms with van der Waals surface area (Å²) in [5.74, 6) is 0.316. The first kappa shape index (κ1) is 10.4. The van der Waals surface area contributed by atoms with Gasteiger partial charge in [0, 0.05) is 5.92 Å². The van der Waals surface area contributed by atoms with Crippen LogP contribution in [-0.4, -0.2) is 11.2 Å². The summed E-state index contributed by atoms with van der Waals surface area (Å²) < 4.78 is 0. The average molecular weight is 202 g/mol. The van der Waals surface area contributed by atoms with Crippen molar-refractivity contribution in [3.63, 3.8) is 0 Å². The Hall–Kier alpha value is -1.08. The molecule has 0 radical (unpaired) electrons. The molecule has 1 aliphatic carbocycles. The predicted molar refractivity (Wildman–Crippen MR) is 62.8 cm³/mol. The third kappa shape index (κ3) is 2.69. The molecule has 0 spiro atoms. The van der Waals surface area contributed by atoms with Crippen LogP contribution in [0.3, 0.4) is 0 Å². The second-order valence-corrected chi connectivity index (χ2v) is 4.21. The van der Waals surface area contributed by atoms with Crippen LogP contribution >= 0.6 is 0 Å². The minimum Gasteiger partial charge on any atom is -0.392 e. The first-order valence-electron chi connectivity index (χ1n) is 5.76. The lowest BCUT2D eigenvalue weighted by Crippen LogP contribution is -2.19. The van der Waals surface area contributed by atoms with Crippen molar-refractivity contribution in [3.8, 4) is 0 Å². The van der Waals surface area contributed by atoms with E-state index in [1.165, 1.54) is 5.56 Å². The zero-order chi connectivity index (χ0) is 10.5. The standard InChI is InChI=1S/C14H18O/c15-14-11-7-2-1-6-10-13(14)12-8-4-3-5-9-12/h1-5,8-9,13-15H,6-7,10-11H2/b2-1-/t13-,14+/m0/s1. The van der Waals surface area contributed by atoms with E-state index in [0.29, 0.717) is 5.92 Å². The lowest BCUT2D eigenvalue weighted by Gasteiger charge is -2.24. The molecule has 1 aromatic rings. The van der Waals surface area contributed by atoms with Gasteiger partial charge in [0.1, 0.15) is 0 Å². The highest BCUT2D eigenvalue weighted by Gasteiger charge is 2.20. The monoisotopic (exact) mass is 202 g/mol. The van der Waals surface area contributed by atoms with Gasteiger partial charge in [0.2, 0.25) is 0 Å². The van der Waals surface area contributed by atoms with Crippen LogP contribution in [0, 0.1) is 0 Å². The molecule has 1 nitrogen and oxygen atoms in total. The maximum absolute atomic E-state index is 10.1. The molecule has 1 aromatic carbocycles. The second kappa shape index (κ2) is 5.13. The second-order valence-electron chi connectivity index (χ2n) is 4.21. The summed E-state index contributed by atoms with van der Waals surface area (Å²) >= 11 is 0. The van der Waals surface area contributed by atoms with Crippen LogP contribution < -0.4 is 0 Å². The van der Waals surface area contributed by atoms with Gasteiger partial charge in [0.05, 0.1) is 6.10 Å². The maximum Gasteiger partial charge on any atom is 0.0611 e. The van der Waals surface area contributed by atoms with E-state index in [0.717, 1.165) is 25.7 Å². The number of rotatable bonds is 1. The van der Waals surface area contributed by atoms with Gasteiger partial charge in [-0.05, 0) is 31.2 Å². The normalized spacial score (nSPS) is 29.1. The Morgan fingerprint density at radius 3 is 2.33 bits per heavy atom. The fraction of sp³-hybridized carbons (Fsp3) is 0.429. The number of benzene rings is 1. The van der Waals surface area contributed by atoms with Crippen molar-refractivity contribution < 1.29 is 5.11 Å². The molecule has 0 unspecified atom stereocenters. The SMILES string of the molecule is O[C@@H]1CC/C=C\CC[C@H]1c1ccccc1. The summed E-state index contributed by atoms with van der Waals surface area (Å²) in [7, 11) is 0. The molecule has 0 fully saturated rings. The van der Waals surface area contributed by atoms with Gasteiger partial charge in [-0.3, -0.25) is 0 Å². The number of aliphatic hydroxyl groups is 1. The lowest BCUT2D eigenvalue weighted by atomic mass is 9.85. The molecule has 1 aliphatic rings. The fourth-order valence-corrected chi connectivity index (χ4v) is 2.26. The van der Waals surface area contributed by atoms with Crippen molar-refractivity contribution in [2.45, 2.75) is 37.7 Å². The Morgan fingerprint density at radius 1 is 0.933 bits per heavy atom. The third-order valence-corrected chi connectivity index (χ3v) is 3.13. The van der Waals surface area contributed by atoms with Gasteiger partial charge in [-0.15, -0.1) is 0 Å². The summed E-state index contributed by atoms with van der Waals surface area (Å²) in [6.45, 7) is 0. The van der Waals surface area contributed by atoms with Gasteiger partial charge in [-0.25, -0.2) is 0 Å². The summed E-state index contributed by atoms with van der Waals surface area (Å²) in [5.41, 5.74) is 1.28. The van der Waals surface area contributed by atoms with Crippen LogP contribution in [0.1, 0.15) is 37.2 Å². The molecule has 2 atom stereocenters.